The molecule has 27 heavy (non-hydrogen) atoms. The van der Waals surface area contributed by atoms with Gasteiger partial charge in [-0.1, -0.05) is 42.6 Å². The van der Waals surface area contributed by atoms with Gasteiger partial charge in [0, 0.05) is 6.54 Å². The van der Waals surface area contributed by atoms with Crippen LogP contribution in [-0.4, -0.2) is 29.2 Å². The first-order chi connectivity index (χ1) is 12.9. The van der Waals surface area contributed by atoms with Gasteiger partial charge in [-0.2, -0.15) is 0 Å². The third-order valence-corrected chi connectivity index (χ3v) is 5.03. The first kappa shape index (κ1) is 19.4. The first-order valence-electron chi connectivity index (χ1n) is 8.53. The number of hydrogen-bond donors (Lipinski definition) is 0. The summed E-state index contributed by atoms with van der Waals surface area (Å²) < 4.78 is 5.27. The maximum Gasteiger partial charge on any atom is 0.338 e. The van der Waals surface area contributed by atoms with Gasteiger partial charge in [-0.3, -0.25) is 14.5 Å². The lowest BCUT2D eigenvalue weighted by Gasteiger charge is -2.12. The predicted molar refractivity (Wildman–Crippen MR) is 102 cm³/mol. The van der Waals surface area contributed by atoms with Crippen molar-refractivity contribution in [2.75, 3.05) is 6.54 Å². The summed E-state index contributed by atoms with van der Waals surface area (Å²) in [5.74, 6) is -1.28. The first-order valence-corrected chi connectivity index (χ1v) is 9.29. The molecule has 2 aromatic carbocycles. The van der Waals surface area contributed by atoms with Gasteiger partial charge in [0.05, 0.1) is 26.7 Å². The summed E-state index contributed by atoms with van der Waals surface area (Å²) in [6.45, 7) is 2.38. The van der Waals surface area contributed by atoms with E-state index in [1.165, 1.54) is 23.1 Å². The number of carbonyl (C=O) groups is 3. The fourth-order valence-corrected chi connectivity index (χ4v) is 3.12. The van der Waals surface area contributed by atoms with Crippen LogP contribution in [0.25, 0.3) is 0 Å². The van der Waals surface area contributed by atoms with Crippen molar-refractivity contribution < 1.29 is 19.1 Å². The van der Waals surface area contributed by atoms with Crippen LogP contribution in [0.15, 0.2) is 36.4 Å². The molecule has 0 N–H and O–H groups in total. The van der Waals surface area contributed by atoms with E-state index >= 15 is 0 Å². The molecule has 0 spiro atoms. The van der Waals surface area contributed by atoms with Crippen molar-refractivity contribution >= 4 is 41.0 Å². The number of hydrogen-bond acceptors (Lipinski definition) is 4. The zero-order valence-corrected chi connectivity index (χ0v) is 16.1. The van der Waals surface area contributed by atoms with Gasteiger partial charge in [-0.15, -0.1) is 0 Å². The van der Waals surface area contributed by atoms with Crippen LogP contribution in [0.3, 0.4) is 0 Å². The Labute approximate surface area is 166 Å². The third kappa shape index (κ3) is 3.99. The minimum atomic E-state index is -0.587. The maximum absolute atomic E-state index is 12.5. The van der Waals surface area contributed by atoms with Gasteiger partial charge in [0.1, 0.15) is 6.61 Å². The SMILES string of the molecule is CCCCN1C(=O)c2ccc(C(=O)OCc3ccc(Cl)c(Cl)c3)cc2C1=O. The number of carbonyl (C=O) groups excluding carboxylic acids is 3. The number of nitrogens with zero attached hydrogens (tertiary/aromatic N) is 1. The minimum Gasteiger partial charge on any atom is -0.457 e. The molecule has 1 heterocycles. The van der Waals surface area contributed by atoms with Gasteiger partial charge in [-0.25, -0.2) is 4.79 Å². The van der Waals surface area contributed by atoms with E-state index in [0.29, 0.717) is 27.7 Å². The van der Waals surface area contributed by atoms with Crippen molar-refractivity contribution in [3.63, 3.8) is 0 Å². The molecule has 0 atom stereocenters. The van der Waals surface area contributed by atoms with Gasteiger partial charge in [0.25, 0.3) is 11.8 Å². The Kier molecular flexibility index (Phi) is 5.82. The minimum absolute atomic E-state index is 0.0162. The molecule has 7 heteroatoms. The molecule has 140 valence electrons. The lowest BCUT2D eigenvalue weighted by Crippen LogP contribution is -2.30. The lowest BCUT2D eigenvalue weighted by molar-refractivity contribution is 0.0472. The highest BCUT2D eigenvalue weighted by Gasteiger charge is 2.35. The van der Waals surface area contributed by atoms with E-state index < -0.39 is 5.97 Å². The molecule has 0 aromatic heterocycles. The van der Waals surface area contributed by atoms with Crippen LogP contribution >= 0.6 is 23.2 Å². The monoisotopic (exact) mass is 405 g/mol. The van der Waals surface area contributed by atoms with Crippen molar-refractivity contribution in [2.24, 2.45) is 0 Å². The normalized spacial score (nSPS) is 13.1. The topological polar surface area (TPSA) is 63.7 Å². The van der Waals surface area contributed by atoms with Crippen molar-refractivity contribution in [1.29, 1.82) is 0 Å². The van der Waals surface area contributed by atoms with Gasteiger partial charge in [0.15, 0.2) is 0 Å². The zero-order chi connectivity index (χ0) is 19.6. The molecule has 3 rings (SSSR count). The summed E-state index contributed by atoms with van der Waals surface area (Å²) in [6.07, 6.45) is 1.61. The van der Waals surface area contributed by atoms with E-state index in [4.69, 9.17) is 27.9 Å². The molecule has 1 aliphatic heterocycles. The van der Waals surface area contributed by atoms with Crippen LogP contribution in [0, 0.1) is 0 Å². The highest BCUT2D eigenvalue weighted by atomic mass is 35.5. The van der Waals surface area contributed by atoms with Crippen molar-refractivity contribution in [3.8, 4) is 0 Å². The number of ether oxygens (including phenoxy) is 1. The summed E-state index contributed by atoms with van der Waals surface area (Å²) in [7, 11) is 0. The van der Waals surface area contributed by atoms with Crippen LogP contribution in [0.2, 0.25) is 10.0 Å². The van der Waals surface area contributed by atoms with Crippen LogP contribution in [0.1, 0.15) is 56.4 Å². The molecule has 2 amide bonds. The quantitative estimate of drug-likeness (QED) is 0.513. The molecule has 2 aromatic rings. The number of esters is 1. The maximum atomic E-state index is 12.5. The Morgan fingerprint density at radius 2 is 1.74 bits per heavy atom. The Hall–Kier alpha value is -2.37. The number of halogens is 2. The largest absolute Gasteiger partial charge is 0.457 e. The van der Waals surface area contributed by atoms with E-state index in [1.807, 2.05) is 6.92 Å². The number of amides is 2. The second-order valence-corrected chi connectivity index (χ2v) is 7.01. The standard InChI is InChI=1S/C20H17Cl2NO4/c1-2-3-8-23-18(24)14-6-5-13(10-15(14)19(23)25)20(26)27-11-12-4-7-16(21)17(22)9-12/h4-7,9-10H,2-3,8,11H2,1H3. The van der Waals surface area contributed by atoms with Crippen molar-refractivity contribution in [2.45, 2.75) is 26.4 Å². The number of benzene rings is 2. The molecule has 1 aliphatic rings. The lowest BCUT2D eigenvalue weighted by atomic mass is 10.1. The molecule has 5 nitrogen and oxygen atoms in total. The summed E-state index contributed by atoms with van der Waals surface area (Å²) in [5.41, 5.74) is 1.46. The van der Waals surface area contributed by atoms with Crippen molar-refractivity contribution in [1.82, 2.24) is 4.90 Å². The number of fused-ring (bicyclic) bond motifs is 1. The summed E-state index contributed by atoms with van der Waals surface area (Å²) in [4.78, 5) is 38.3. The fraction of sp³-hybridized carbons (Fsp3) is 0.250. The number of rotatable bonds is 6. The molecule has 0 fully saturated rings. The highest BCUT2D eigenvalue weighted by molar-refractivity contribution is 6.42. The summed E-state index contributed by atoms with van der Waals surface area (Å²) in [5, 5.41) is 0.792. The molecule has 0 bridgehead atoms. The average molecular weight is 406 g/mol. The van der Waals surface area contributed by atoms with Gasteiger partial charge in [0.2, 0.25) is 0 Å². The van der Waals surface area contributed by atoms with E-state index in [2.05, 4.69) is 0 Å². The molecule has 0 aliphatic carbocycles. The molecule has 0 unspecified atom stereocenters. The molecular formula is C20H17Cl2NO4. The average Bonchev–Trinajstić information content (AvgIpc) is 2.90. The van der Waals surface area contributed by atoms with Gasteiger partial charge >= 0.3 is 5.97 Å². The molecule has 0 radical (unpaired) electrons. The van der Waals surface area contributed by atoms with E-state index in [1.54, 1.807) is 18.2 Å². The van der Waals surface area contributed by atoms with E-state index in [-0.39, 0.29) is 29.5 Å². The summed E-state index contributed by atoms with van der Waals surface area (Å²) >= 11 is 11.8. The Bertz CT molecular complexity index is 926. The van der Waals surface area contributed by atoms with Crippen LogP contribution in [0.4, 0.5) is 0 Å². The van der Waals surface area contributed by atoms with Crippen LogP contribution in [-0.2, 0) is 11.3 Å². The van der Waals surface area contributed by atoms with Crippen LogP contribution < -0.4 is 0 Å². The summed E-state index contributed by atoms with van der Waals surface area (Å²) in [6, 6.07) is 9.35. The van der Waals surface area contributed by atoms with E-state index in [0.717, 1.165) is 12.8 Å². The fourth-order valence-electron chi connectivity index (χ4n) is 2.80. The Morgan fingerprint density at radius 3 is 2.44 bits per heavy atom. The second-order valence-electron chi connectivity index (χ2n) is 6.20. The van der Waals surface area contributed by atoms with E-state index in [9.17, 15) is 14.4 Å². The van der Waals surface area contributed by atoms with Gasteiger partial charge in [-0.05, 0) is 42.3 Å². The Morgan fingerprint density at radius 1 is 1.00 bits per heavy atom. The van der Waals surface area contributed by atoms with Crippen LogP contribution in [0.5, 0.6) is 0 Å². The second kappa shape index (κ2) is 8.11. The predicted octanol–water partition coefficient (Wildman–Crippen LogP) is 4.75. The highest BCUT2D eigenvalue weighted by Crippen LogP contribution is 2.26. The number of imide groups is 1. The molecular weight excluding hydrogens is 389 g/mol. The zero-order valence-electron chi connectivity index (χ0n) is 14.6. The molecule has 0 saturated heterocycles. The number of unbranched alkanes of at least 4 members (excludes halogenated alkanes) is 1. The Balaban J connectivity index is 1.73. The smallest absolute Gasteiger partial charge is 0.338 e. The molecule has 0 saturated carbocycles. The third-order valence-electron chi connectivity index (χ3n) is 4.30. The van der Waals surface area contributed by atoms with Gasteiger partial charge < -0.3 is 4.74 Å². The van der Waals surface area contributed by atoms with Crippen molar-refractivity contribution in [3.05, 3.63) is 68.7 Å².